The van der Waals surface area contributed by atoms with Crippen molar-refractivity contribution in [2.75, 3.05) is 26.0 Å². The number of anilines is 1. The molecule has 2 amide bonds. The fourth-order valence-electron chi connectivity index (χ4n) is 2.94. The monoisotopic (exact) mass is 394 g/mol. The number of rotatable bonds is 7. The van der Waals surface area contributed by atoms with Gasteiger partial charge in [-0.3, -0.25) is 9.59 Å². The van der Waals surface area contributed by atoms with Crippen molar-refractivity contribution in [2.45, 2.75) is 6.04 Å². The van der Waals surface area contributed by atoms with Crippen LogP contribution in [0.2, 0.25) is 0 Å². The molecule has 0 saturated carbocycles. The molecule has 0 aliphatic heterocycles. The molecule has 0 saturated heterocycles. The second-order valence-corrected chi connectivity index (χ2v) is 7.71. The number of nitrogens with one attached hydrogen (secondary N) is 3. The first-order chi connectivity index (χ1) is 13.5. The van der Waals surface area contributed by atoms with Crippen molar-refractivity contribution in [1.29, 1.82) is 0 Å². The molecule has 144 valence electrons. The highest BCUT2D eigenvalue weighted by Gasteiger charge is 2.19. The summed E-state index contributed by atoms with van der Waals surface area (Å²) in [6.45, 7) is 0.544. The summed E-state index contributed by atoms with van der Waals surface area (Å²) in [4.78, 5) is 26.5. The van der Waals surface area contributed by atoms with Crippen molar-refractivity contribution in [3.63, 3.8) is 0 Å². The van der Waals surface area contributed by atoms with E-state index in [-0.39, 0.29) is 17.9 Å². The molecule has 3 rings (SSSR count). The van der Waals surface area contributed by atoms with E-state index in [9.17, 15) is 9.59 Å². The first-order valence-electron chi connectivity index (χ1n) is 9.12. The van der Waals surface area contributed by atoms with Crippen LogP contribution in [-0.4, -0.2) is 32.5 Å². The van der Waals surface area contributed by atoms with Crippen molar-refractivity contribution in [3.05, 3.63) is 88.1 Å². The summed E-state index contributed by atoms with van der Waals surface area (Å²) < 4.78 is 0. The lowest BCUT2D eigenvalue weighted by Crippen LogP contribution is -3.07. The van der Waals surface area contributed by atoms with Gasteiger partial charge in [0, 0.05) is 16.8 Å². The molecule has 5 nitrogen and oxygen atoms in total. The second-order valence-electron chi connectivity index (χ2n) is 6.76. The highest BCUT2D eigenvalue weighted by molar-refractivity contribution is 7.12. The summed E-state index contributed by atoms with van der Waals surface area (Å²) >= 11 is 1.39. The van der Waals surface area contributed by atoms with Crippen molar-refractivity contribution < 1.29 is 14.5 Å². The van der Waals surface area contributed by atoms with E-state index in [0.29, 0.717) is 22.7 Å². The Labute approximate surface area is 169 Å². The topological polar surface area (TPSA) is 62.6 Å². The van der Waals surface area contributed by atoms with Gasteiger partial charge in [0.1, 0.15) is 6.04 Å². The molecule has 0 spiro atoms. The molecular formula is C22H24N3O2S+. The number of benzene rings is 2. The normalized spacial score (nSPS) is 11.8. The maximum absolute atomic E-state index is 12.5. The number of hydrogen-bond donors (Lipinski definition) is 3. The van der Waals surface area contributed by atoms with Crippen molar-refractivity contribution in [1.82, 2.24) is 5.32 Å². The van der Waals surface area contributed by atoms with E-state index in [4.69, 9.17) is 0 Å². The molecule has 28 heavy (non-hydrogen) atoms. The van der Waals surface area contributed by atoms with Crippen LogP contribution in [0.5, 0.6) is 0 Å². The van der Waals surface area contributed by atoms with Crippen LogP contribution >= 0.6 is 11.3 Å². The van der Waals surface area contributed by atoms with Gasteiger partial charge in [-0.1, -0.05) is 36.4 Å². The molecule has 0 radical (unpaired) electrons. The van der Waals surface area contributed by atoms with Gasteiger partial charge < -0.3 is 15.5 Å². The minimum atomic E-state index is -0.146. The Balaban J connectivity index is 1.59. The molecule has 1 heterocycles. The quantitative estimate of drug-likeness (QED) is 0.577. The summed E-state index contributed by atoms with van der Waals surface area (Å²) in [5.41, 5.74) is 2.42. The van der Waals surface area contributed by atoms with E-state index >= 15 is 0 Å². The zero-order valence-electron chi connectivity index (χ0n) is 15.9. The van der Waals surface area contributed by atoms with Crippen LogP contribution in [0.1, 0.15) is 31.6 Å². The third kappa shape index (κ3) is 5.06. The van der Waals surface area contributed by atoms with Crippen molar-refractivity contribution in [2.24, 2.45) is 0 Å². The van der Waals surface area contributed by atoms with E-state index in [1.54, 1.807) is 30.3 Å². The van der Waals surface area contributed by atoms with Crippen LogP contribution in [0.25, 0.3) is 0 Å². The Bertz CT molecular complexity index is 907. The van der Waals surface area contributed by atoms with Gasteiger partial charge in [0.25, 0.3) is 11.8 Å². The standard InChI is InChI=1S/C22H23N3O2S/c1-25(2)19(16-7-4-3-5-8-16)15-23-21(26)17-10-12-18(13-11-17)24-22(27)20-9-6-14-28-20/h3-14,19H,15H2,1-2H3,(H,23,26)(H,24,27)/p+1/t19-/m0/s1. The van der Waals surface area contributed by atoms with Gasteiger partial charge in [-0.15, -0.1) is 11.3 Å². The average molecular weight is 395 g/mol. The smallest absolute Gasteiger partial charge is 0.265 e. The summed E-state index contributed by atoms with van der Waals surface area (Å²) in [5, 5.41) is 7.71. The highest BCUT2D eigenvalue weighted by atomic mass is 32.1. The minimum Gasteiger partial charge on any atom is -0.346 e. The third-order valence-corrected chi connectivity index (χ3v) is 5.38. The number of amides is 2. The Morgan fingerprint density at radius 2 is 1.64 bits per heavy atom. The number of quaternary nitrogens is 1. The van der Waals surface area contributed by atoms with Gasteiger partial charge in [-0.2, -0.15) is 0 Å². The molecule has 0 fully saturated rings. The summed E-state index contributed by atoms with van der Waals surface area (Å²) in [6, 6.07) is 20.9. The fraction of sp³-hybridized carbons (Fsp3) is 0.182. The van der Waals surface area contributed by atoms with Gasteiger partial charge in [0.05, 0.1) is 25.5 Å². The van der Waals surface area contributed by atoms with Crippen LogP contribution in [-0.2, 0) is 0 Å². The highest BCUT2D eigenvalue weighted by Crippen LogP contribution is 2.14. The predicted molar refractivity (Wildman–Crippen MR) is 113 cm³/mol. The first-order valence-corrected chi connectivity index (χ1v) is 10.0. The van der Waals surface area contributed by atoms with E-state index in [1.165, 1.54) is 21.8 Å². The van der Waals surface area contributed by atoms with Gasteiger partial charge >= 0.3 is 0 Å². The van der Waals surface area contributed by atoms with E-state index < -0.39 is 0 Å². The lowest BCUT2D eigenvalue weighted by molar-refractivity contribution is -0.890. The molecule has 3 N–H and O–H groups in total. The second kappa shape index (κ2) is 9.30. The van der Waals surface area contributed by atoms with E-state index in [1.807, 2.05) is 29.6 Å². The molecule has 0 unspecified atom stereocenters. The van der Waals surface area contributed by atoms with Crippen LogP contribution < -0.4 is 15.5 Å². The first kappa shape index (κ1) is 19.8. The predicted octanol–water partition coefficient (Wildman–Crippen LogP) is 2.62. The summed E-state index contributed by atoms with van der Waals surface area (Å²) in [6.07, 6.45) is 0. The number of likely N-dealkylation sites (N-methyl/N-ethyl adjacent to an activating group) is 1. The Morgan fingerprint density at radius 1 is 0.929 bits per heavy atom. The van der Waals surface area contributed by atoms with Gasteiger partial charge in [-0.25, -0.2) is 0 Å². The largest absolute Gasteiger partial charge is 0.346 e. The van der Waals surface area contributed by atoms with E-state index in [0.717, 1.165) is 0 Å². The van der Waals surface area contributed by atoms with Gasteiger partial charge in [-0.05, 0) is 35.7 Å². The molecular weight excluding hydrogens is 370 g/mol. The zero-order chi connectivity index (χ0) is 19.9. The average Bonchev–Trinajstić information content (AvgIpc) is 3.24. The molecule has 3 aromatic rings. The van der Waals surface area contributed by atoms with Crippen LogP contribution in [0.4, 0.5) is 5.69 Å². The molecule has 1 aromatic heterocycles. The maximum Gasteiger partial charge on any atom is 0.265 e. The lowest BCUT2D eigenvalue weighted by Gasteiger charge is -2.22. The zero-order valence-corrected chi connectivity index (χ0v) is 16.8. The fourth-order valence-corrected chi connectivity index (χ4v) is 3.56. The number of hydrogen-bond acceptors (Lipinski definition) is 3. The Hall–Kier alpha value is -2.96. The molecule has 0 aliphatic carbocycles. The van der Waals surface area contributed by atoms with Crippen molar-refractivity contribution in [3.8, 4) is 0 Å². The van der Waals surface area contributed by atoms with Crippen LogP contribution in [0, 0.1) is 0 Å². The number of thiophene rings is 1. The Kier molecular flexibility index (Phi) is 6.57. The molecule has 0 aliphatic rings. The van der Waals surface area contributed by atoms with Crippen molar-refractivity contribution >= 4 is 28.8 Å². The van der Waals surface area contributed by atoms with Gasteiger partial charge in [0.15, 0.2) is 0 Å². The third-order valence-electron chi connectivity index (χ3n) is 4.52. The Morgan fingerprint density at radius 3 is 2.25 bits per heavy atom. The summed E-state index contributed by atoms with van der Waals surface area (Å²) in [7, 11) is 4.16. The van der Waals surface area contributed by atoms with E-state index in [2.05, 4.69) is 36.9 Å². The maximum atomic E-state index is 12.5. The number of carbonyl (C=O) groups excluding carboxylic acids is 2. The molecule has 1 atom stereocenters. The minimum absolute atomic E-state index is 0.127. The molecule has 0 bridgehead atoms. The lowest BCUT2D eigenvalue weighted by atomic mass is 10.1. The molecule has 6 heteroatoms. The van der Waals surface area contributed by atoms with Crippen LogP contribution in [0.3, 0.4) is 0 Å². The SMILES string of the molecule is C[NH+](C)[C@@H](CNC(=O)c1ccc(NC(=O)c2cccs2)cc1)c1ccccc1. The summed E-state index contributed by atoms with van der Waals surface area (Å²) in [5.74, 6) is -0.273. The van der Waals surface area contributed by atoms with Crippen LogP contribution in [0.15, 0.2) is 72.1 Å². The number of carbonyl (C=O) groups is 2. The molecule has 2 aromatic carbocycles. The van der Waals surface area contributed by atoms with Gasteiger partial charge in [0.2, 0.25) is 0 Å².